The molecule has 1 fully saturated rings. The molecular weight excluding hydrogens is 160 g/mol. The van der Waals surface area contributed by atoms with Crippen molar-refractivity contribution in [1.82, 2.24) is 5.32 Å². The van der Waals surface area contributed by atoms with Crippen LogP contribution in [0.2, 0.25) is 0 Å². The molecule has 13 heavy (non-hydrogen) atoms. The van der Waals surface area contributed by atoms with Crippen LogP contribution in [0.5, 0.6) is 0 Å². The monoisotopic (exact) mass is 180 g/mol. The minimum atomic E-state index is 0.404. The number of hydrogen-bond donors (Lipinski definition) is 1. The van der Waals surface area contributed by atoms with Crippen molar-refractivity contribution in [3.8, 4) is 6.07 Å². The Balaban J connectivity index is 2.15. The molecule has 1 saturated carbocycles. The zero-order valence-corrected chi connectivity index (χ0v) is 8.93. The van der Waals surface area contributed by atoms with E-state index in [-0.39, 0.29) is 0 Å². The Labute approximate surface area is 81.3 Å². The molecule has 0 aromatic carbocycles. The highest BCUT2D eigenvalue weighted by atomic mass is 14.9. The highest BCUT2D eigenvalue weighted by Gasteiger charge is 2.44. The van der Waals surface area contributed by atoms with Gasteiger partial charge in [-0.25, -0.2) is 0 Å². The Morgan fingerprint density at radius 2 is 2.23 bits per heavy atom. The fourth-order valence-electron chi connectivity index (χ4n) is 1.70. The molecule has 2 nitrogen and oxygen atoms in total. The Morgan fingerprint density at radius 3 is 2.62 bits per heavy atom. The van der Waals surface area contributed by atoms with Crippen LogP contribution < -0.4 is 5.32 Å². The molecule has 0 radical (unpaired) electrons. The van der Waals surface area contributed by atoms with Crippen molar-refractivity contribution >= 4 is 0 Å². The summed E-state index contributed by atoms with van der Waals surface area (Å²) in [5.74, 6) is 0.834. The van der Waals surface area contributed by atoms with Crippen LogP contribution in [0.1, 0.15) is 40.0 Å². The van der Waals surface area contributed by atoms with Crippen molar-refractivity contribution in [1.29, 1.82) is 5.26 Å². The van der Waals surface area contributed by atoms with Gasteiger partial charge in [0.15, 0.2) is 0 Å². The summed E-state index contributed by atoms with van der Waals surface area (Å²) < 4.78 is 0. The first-order chi connectivity index (χ1) is 6.10. The van der Waals surface area contributed by atoms with Gasteiger partial charge in [-0.2, -0.15) is 5.26 Å². The first-order valence-electron chi connectivity index (χ1n) is 5.20. The zero-order valence-electron chi connectivity index (χ0n) is 8.93. The van der Waals surface area contributed by atoms with Crippen LogP contribution in [0.4, 0.5) is 0 Å². The van der Waals surface area contributed by atoms with Crippen molar-refractivity contribution in [2.45, 2.75) is 46.1 Å². The molecule has 1 aliphatic carbocycles. The first kappa shape index (κ1) is 10.5. The third-order valence-electron chi connectivity index (χ3n) is 3.20. The predicted molar refractivity (Wildman–Crippen MR) is 54.2 cm³/mol. The molecule has 0 spiro atoms. The molecule has 2 atom stereocenters. The van der Waals surface area contributed by atoms with Gasteiger partial charge in [-0.15, -0.1) is 0 Å². The van der Waals surface area contributed by atoms with E-state index in [4.69, 9.17) is 5.26 Å². The summed E-state index contributed by atoms with van der Waals surface area (Å²) >= 11 is 0. The molecule has 0 saturated heterocycles. The van der Waals surface area contributed by atoms with E-state index in [9.17, 15) is 0 Å². The van der Waals surface area contributed by atoms with Gasteiger partial charge in [-0.05, 0) is 30.7 Å². The summed E-state index contributed by atoms with van der Waals surface area (Å²) in [5.41, 5.74) is 0.554. The number of hydrogen-bond acceptors (Lipinski definition) is 2. The molecule has 0 aliphatic heterocycles. The molecular formula is C11H20N2. The highest BCUT2D eigenvalue weighted by molar-refractivity contribution is 4.96. The summed E-state index contributed by atoms with van der Waals surface area (Å²) in [5, 5.41) is 12.0. The van der Waals surface area contributed by atoms with Gasteiger partial charge in [0.1, 0.15) is 0 Å². The van der Waals surface area contributed by atoms with E-state index < -0.39 is 0 Å². The lowest BCUT2D eigenvalue weighted by molar-refractivity contribution is 0.454. The first-order valence-corrected chi connectivity index (χ1v) is 5.20. The number of rotatable bonds is 5. The Bertz CT molecular complexity index is 203. The molecule has 74 valence electrons. The third kappa shape index (κ3) is 3.00. The SMILES string of the molecule is CCC(CC#N)NCC1CC1(C)C. The van der Waals surface area contributed by atoms with Gasteiger partial charge >= 0.3 is 0 Å². The quantitative estimate of drug-likeness (QED) is 0.704. The van der Waals surface area contributed by atoms with E-state index in [0.717, 1.165) is 18.9 Å². The summed E-state index contributed by atoms with van der Waals surface area (Å²) in [6.45, 7) is 7.84. The van der Waals surface area contributed by atoms with Crippen LogP contribution in [0.3, 0.4) is 0 Å². The van der Waals surface area contributed by atoms with E-state index in [2.05, 4.69) is 32.2 Å². The normalized spacial score (nSPS) is 26.5. The Morgan fingerprint density at radius 1 is 1.62 bits per heavy atom. The maximum absolute atomic E-state index is 8.56. The third-order valence-corrected chi connectivity index (χ3v) is 3.20. The van der Waals surface area contributed by atoms with E-state index >= 15 is 0 Å². The van der Waals surface area contributed by atoms with Crippen molar-refractivity contribution < 1.29 is 0 Å². The molecule has 1 N–H and O–H groups in total. The van der Waals surface area contributed by atoms with Crippen LogP contribution in [-0.2, 0) is 0 Å². The van der Waals surface area contributed by atoms with Crippen molar-refractivity contribution in [3.63, 3.8) is 0 Å². The van der Waals surface area contributed by atoms with Gasteiger partial charge in [0.05, 0.1) is 12.5 Å². The smallest absolute Gasteiger partial charge is 0.0638 e. The Kier molecular flexibility index (Phi) is 3.33. The maximum atomic E-state index is 8.56. The molecule has 2 heteroatoms. The molecule has 1 aliphatic rings. The topological polar surface area (TPSA) is 35.8 Å². The molecule has 0 bridgehead atoms. The van der Waals surface area contributed by atoms with Crippen molar-refractivity contribution in [3.05, 3.63) is 0 Å². The average molecular weight is 180 g/mol. The van der Waals surface area contributed by atoms with Crippen LogP contribution in [-0.4, -0.2) is 12.6 Å². The van der Waals surface area contributed by atoms with Gasteiger partial charge in [0.25, 0.3) is 0 Å². The van der Waals surface area contributed by atoms with Gasteiger partial charge in [0, 0.05) is 6.04 Å². The minimum absolute atomic E-state index is 0.404. The fraction of sp³-hybridized carbons (Fsp3) is 0.909. The average Bonchev–Trinajstić information content (AvgIpc) is 2.68. The lowest BCUT2D eigenvalue weighted by Gasteiger charge is -2.13. The summed E-state index contributed by atoms with van der Waals surface area (Å²) in [4.78, 5) is 0. The number of nitriles is 1. The molecule has 1 rings (SSSR count). The number of nitrogens with zero attached hydrogens (tertiary/aromatic N) is 1. The molecule has 0 heterocycles. The molecule has 0 amide bonds. The minimum Gasteiger partial charge on any atom is -0.313 e. The summed E-state index contributed by atoms with van der Waals surface area (Å²) in [7, 11) is 0. The Hall–Kier alpha value is -0.550. The van der Waals surface area contributed by atoms with Gasteiger partial charge in [-0.3, -0.25) is 0 Å². The van der Waals surface area contributed by atoms with E-state index in [1.54, 1.807) is 0 Å². The molecule has 2 unspecified atom stereocenters. The van der Waals surface area contributed by atoms with Gasteiger partial charge < -0.3 is 5.32 Å². The summed E-state index contributed by atoms with van der Waals surface area (Å²) in [6, 6.07) is 2.63. The highest BCUT2D eigenvalue weighted by Crippen LogP contribution is 2.51. The summed E-state index contributed by atoms with van der Waals surface area (Å²) in [6.07, 6.45) is 3.04. The van der Waals surface area contributed by atoms with Crippen LogP contribution in [0.15, 0.2) is 0 Å². The van der Waals surface area contributed by atoms with E-state index in [0.29, 0.717) is 17.9 Å². The molecule has 0 aromatic heterocycles. The lowest BCUT2D eigenvalue weighted by Crippen LogP contribution is -2.30. The largest absolute Gasteiger partial charge is 0.313 e. The second kappa shape index (κ2) is 4.11. The predicted octanol–water partition coefficient (Wildman–Crippen LogP) is 2.31. The zero-order chi connectivity index (χ0) is 9.90. The van der Waals surface area contributed by atoms with E-state index in [1.165, 1.54) is 6.42 Å². The van der Waals surface area contributed by atoms with E-state index in [1.807, 2.05) is 0 Å². The standard InChI is InChI=1S/C11H20N2/c1-4-10(5-6-12)13-8-9-7-11(9,2)3/h9-10,13H,4-5,7-8H2,1-3H3. The van der Waals surface area contributed by atoms with Crippen LogP contribution >= 0.6 is 0 Å². The van der Waals surface area contributed by atoms with Gasteiger partial charge in [-0.1, -0.05) is 20.8 Å². The van der Waals surface area contributed by atoms with Crippen LogP contribution in [0, 0.1) is 22.7 Å². The number of nitrogens with one attached hydrogen (secondary N) is 1. The van der Waals surface area contributed by atoms with Gasteiger partial charge in [0.2, 0.25) is 0 Å². The van der Waals surface area contributed by atoms with Crippen molar-refractivity contribution in [2.24, 2.45) is 11.3 Å². The second-order valence-corrected chi connectivity index (χ2v) is 4.77. The second-order valence-electron chi connectivity index (χ2n) is 4.77. The van der Waals surface area contributed by atoms with Crippen LogP contribution in [0.25, 0.3) is 0 Å². The van der Waals surface area contributed by atoms with Crippen molar-refractivity contribution in [2.75, 3.05) is 6.54 Å². The molecule has 0 aromatic rings. The fourth-order valence-corrected chi connectivity index (χ4v) is 1.70. The lowest BCUT2D eigenvalue weighted by atomic mass is 10.1. The maximum Gasteiger partial charge on any atom is 0.0638 e.